The zero-order valence-electron chi connectivity index (χ0n) is 12.9. The van der Waals surface area contributed by atoms with E-state index in [4.69, 9.17) is 5.73 Å². The van der Waals surface area contributed by atoms with Crippen LogP contribution in [0.5, 0.6) is 0 Å². The molecule has 1 amide bonds. The number of carbonyl (C=O) groups is 1. The van der Waals surface area contributed by atoms with Crippen LogP contribution in [0.2, 0.25) is 0 Å². The largest absolute Gasteiger partial charge is 0.392 e. The van der Waals surface area contributed by atoms with Crippen LogP contribution in [0.3, 0.4) is 0 Å². The SMILES string of the molecule is CN(CC(C)(C)CN)C(=O)C1CCCCC1C(F)(F)F.Cl. The molecule has 0 heterocycles. The lowest BCUT2D eigenvalue weighted by molar-refractivity contribution is -0.200. The van der Waals surface area contributed by atoms with Crippen molar-refractivity contribution in [1.29, 1.82) is 0 Å². The Hall–Kier alpha value is -0.490. The van der Waals surface area contributed by atoms with E-state index in [0.29, 0.717) is 32.4 Å². The maximum Gasteiger partial charge on any atom is 0.392 e. The molecule has 0 aromatic heterocycles. The molecule has 3 nitrogen and oxygen atoms in total. The first-order chi connectivity index (χ1) is 9.08. The number of amides is 1. The Morgan fingerprint density at radius 3 is 2.24 bits per heavy atom. The molecule has 0 aromatic rings. The number of carbonyl (C=O) groups excluding carboxylic acids is 1. The van der Waals surface area contributed by atoms with Crippen molar-refractivity contribution in [3.05, 3.63) is 0 Å². The molecule has 1 saturated carbocycles. The van der Waals surface area contributed by atoms with E-state index in [1.807, 2.05) is 13.8 Å². The zero-order chi connectivity index (χ0) is 15.6. The van der Waals surface area contributed by atoms with Gasteiger partial charge in [-0.05, 0) is 24.8 Å². The van der Waals surface area contributed by atoms with Crippen molar-refractivity contribution in [3.63, 3.8) is 0 Å². The predicted octanol–water partition coefficient (Wildman–Crippen LogP) is 3.22. The predicted molar refractivity (Wildman–Crippen MR) is 79.2 cm³/mol. The smallest absolute Gasteiger partial charge is 0.345 e. The number of hydrogen-bond donors (Lipinski definition) is 1. The van der Waals surface area contributed by atoms with Crippen molar-refractivity contribution in [2.45, 2.75) is 45.7 Å². The molecular weight excluding hydrogens is 305 g/mol. The van der Waals surface area contributed by atoms with Crippen molar-refractivity contribution in [1.82, 2.24) is 4.90 Å². The Kier molecular flexibility index (Phi) is 7.50. The van der Waals surface area contributed by atoms with E-state index in [-0.39, 0.29) is 24.2 Å². The molecule has 0 spiro atoms. The summed E-state index contributed by atoms with van der Waals surface area (Å²) in [5.41, 5.74) is 5.33. The van der Waals surface area contributed by atoms with Crippen LogP contribution < -0.4 is 5.73 Å². The topological polar surface area (TPSA) is 46.3 Å². The van der Waals surface area contributed by atoms with Gasteiger partial charge >= 0.3 is 6.18 Å². The van der Waals surface area contributed by atoms with Crippen molar-refractivity contribution in [2.75, 3.05) is 20.1 Å². The minimum Gasteiger partial charge on any atom is -0.345 e. The molecule has 21 heavy (non-hydrogen) atoms. The summed E-state index contributed by atoms with van der Waals surface area (Å²) in [6, 6.07) is 0. The van der Waals surface area contributed by atoms with Crippen molar-refractivity contribution in [2.24, 2.45) is 23.0 Å². The fourth-order valence-electron chi connectivity index (χ4n) is 2.89. The summed E-state index contributed by atoms with van der Waals surface area (Å²) >= 11 is 0. The first kappa shape index (κ1) is 20.5. The van der Waals surface area contributed by atoms with E-state index in [1.165, 1.54) is 4.90 Å². The minimum absolute atomic E-state index is 0. The minimum atomic E-state index is -4.29. The quantitative estimate of drug-likeness (QED) is 0.860. The maximum absolute atomic E-state index is 13.0. The Balaban J connectivity index is 0.00000400. The van der Waals surface area contributed by atoms with Crippen LogP contribution in [-0.2, 0) is 4.79 Å². The van der Waals surface area contributed by atoms with Crippen LogP contribution in [0.15, 0.2) is 0 Å². The third-order valence-corrected chi connectivity index (χ3v) is 4.10. The molecule has 0 saturated heterocycles. The standard InChI is InChI=1S/C14H25F3N2O.ClH/c1-13(2,8-18)9-19(3)12(20)10-6-4-5-7-11(10)14(15,16)17;/h10-11H,4-9,18H2,1-3H3;1H. The Bertz CT molecular complexity index is 348. The number of nitrogens with zero attached hydrogens (tertiary/aromatic N) is 1. The summed E-state index contributed by atoms with van der Waals surface area (Å²) in [7, 11) is 1.57. The van der Waals surface area contributed by atoms with Gasteiger partial charge in [-0.15, -0.1) is 12.4 Å². The molecule has 2 atom stereocenters. The fraction of sp³-hybridized carbons (Fsp3) is 0.929. The van der Waals surface area contributed by atoms with Gasteiger partial charge in [-0.25, -0.2) is 0 Å². The molecule has 2 unspecified atom stereocenters. The van der Waals surface area contributed by atoms with E-state index in [9.17, 15) is 18.0 Å². The third kappa shape index (κ3) is 5.66. The van der Waals surface area contributed by atoms with Crippen molar-refractivity contribution >= 4 is 18.3 Å². The van der Waals surface area contributed by atoms with Gasteiger partial charge in [0.25, 0.3) is 0 Å². The normalized spacial score (nSPS) is 23.4. The molecular formula is C14H26ClF3N2O. The molecule has 1 aliphatic rings. The lowest BCUT2D eigenvalue weighted by atomic mass is 9.77. The number of alkyl halides is 3. The number of nitrogens with two attached hydrogens (primary N) is 1. The van der Waals surface area contributed by atoms with Gasteiger partial charge in [-0.2, -0.15) is 13.2 Å². The van der Waals surface area contributed by atoms with E-state index in [1.54, 1.807) is 7.05 Å². The maximum atomic E-state index is 13.0. The first-order valence-corrected chi connectivity index (χ1v) is 7.10. The summed E-state index contributed by atoms with van der Waals surface area (Å²) in [5, 5.41) is 0. The summed E-state index contributed by atoms with van der Waals surface area (Å²) in [4.78, 5) is 13.8. The lowest BCUT2D eigenvalue weighted by Crippen LogP contribution is -2.46. The summed E-state index contributed by atoms with van der Waals surface area (Å²) < 4.78 is 39.1. The van der Waals surface area contributed by atoms with Gasteiger partial charge in [0, 0.05) is 19.5 Å². The highest BCUT2D eigenvalue weighted by Crippen LogP contribution is 2.42. The second-order valence-electron chi connectivity index (χ2n) is 6.60. The summed E-state index contributed by atoms with van der Waals surface area (Å²) in [6.45, 7) is 4.57. The van der Waals surface area contributed by atoms with Gasteiger partial charge in [-0.1, -0.05) is 26.7 Å². The highest BCUT2D eigenvalue weighted by molar-refractivity contribution is 5.85. The molecule has 0 bridgehead atoms. The Labute approximate surface area is 130 Å². The van der Waals surface area contributed by atoms with E-state index in [0.717, 1.165) is 0 Å². The highest BCUT2D eigenvalue weighted by Gasteiger charge is 2.48. The van der Waals surface area contributed by atoms with Crippen LogP contribution in [0.25, 0.3) is 0 Å². The van der Waals surface area contributed by atoms with Gasteiger partial charge in [-0.3, -0.25) is 4.79 Å². The van der Waals surface area contributed by atoms with Crippen LogP contribution in [0, 0.1) is 17.3 Å². The highest BCUT2D eigenvalue weighted by atomic mass is 35.5. The molecule has 126 valence electrons. The number of rotatable bonds is 4. The first-order valence-electron chi connectivity index (χ1n) is 7.10. The summed E-state index contributed by atoms with van der Waals surface area (Å²) in [5.74, 6) is -2.82. The zero-order valence-corrected chi connectivity index (χ0v) is 13.7. The van der Waals surface area contributed by atoms with E-state index in [2.05, 4.69) is 0 Å². The second-order valence-corrected chi connectivity index (χ2v) is 6.60. The van der Waals surface area contributed by atoms with E-state index >= 15 is 0 Å². The number of hydrogen-bond acceptors (Lipinski definition) is 2. The van der Waals surface area contributed by atoms with Crippen LogP contribution >= 0.6 is 12.4 Å². The Morgan fingerprint density at radius 1 is 1.24 bits per heavy atom. The molecule has 0 aliphatic heterocycles. The molecule has 0 radical (unpaired) electrons. The van der Waals surface area contributed by atoms with Gasteiger partial charge in [0.2, 0.25) is 5.91 Å². The second kappa shape index (κ2) is 7.68. The van der Waals surface area contributed by atoms with Gasteiger partial charge in [0.15, 0.2) is 0 Å². The van der Waals surface area contributed by atoms with Gasteiger partial charge < -0.3 is 10.6 Å². The summed E-state index contributed by atoms with van der Waals surface area (Å²) in [6.07, 6.45) is -2.65. The van der Waals surface area contributed by atoms with Crippen LogP contribution in [0.1, 0.15) is 39.5 Å². The third-order valence-electron chi connectivity index (χ3n) is 4.10. The Morgan fingerprint density at radius 2 is 1.76 bits per heavy atom. The molecule has 1 rings (SSSR count). The molecule has 2 N–H and O–H groups in total. The molecule has 0 aromatic carbocycles. The number of halogens is 4. The van der Waals surface area contributed by atoms with Crippen LogP contribution in [0.4, 0.5) is 13.2 Å². The van der Waals surface area contributed by atoms with Gasteiger partial charge in [0.05, 0.1) is 5.92 Å². The molecule has 1 fully saturated rings. The fourth-order valence-corrected chi connectivity index (χ4v) is 2.89. The average Bonchev–Trinajstić information content (AvgIpc) is 2.36. The van der Waals surface area contributed by atoms with E-state index < -0.39 is 23.9 Å². The van der Waals surface area contributed by atoms with Crippen molar-refractivity contribution in [3.8, 4) is 0 Å². The molecule has 7 heteroatoms. The average molecular weight is 331 g/mol. The van der Waals surface area contributed by atoms with Crippen LogP contribution in [-0.4, -0.2) is 37.1 Å². The molecule has 1 aliphatic carbocycles. The van der Waals surface area contributed by atoms with Gasteiger partial charge in [0.1, 0.15) is 0 Å². The monoisotopic (exact) mass is 330 g/mol. The van der Waals surface area contributed by atoms with Crippen molar-refractivity contribution < 1.29 is 18.0 Å². The lowest BCUT2D eigenvalue weighted by Gasteiger charge is -2.36.